The number of nitrogens with zero attached hydrogens (tertiary/aromatic N) is 2. The third-order valence-corrected chi connectivity index (χ3v) is 5.21. The van der Waals surface area contributed by atoms with Crippen LogP contribution in [-0.2, 0) is 18.4 Å². The van der Waals surface area contributed by atoms with Gasteiger partial charge in [-0.2, -0.15) is 5.10 Å². The fraction of sp³-hybridized carbons (Fsp3) is 0.0741. The van der Waals surface area contributed by atoms with Gasteiger partial charge in [-0.05, 0) is 60.2 Å². The van der Waals surface area contributed by atoms with Crippen molar-refractivity contribution in [3.63, 3.8) is 0 Å². The Kier molecular flexibility index (Phi) is 6.93. The van der Waals surface area contributed by atoms with E-state index in [-0.39, 0.29) is 17.6 Å². The van der Waals surface area contributed by atoms with E-state index in [2.05, 4.69) is 15.7 Å². The van der Waals surface area contributed by atoms with E-state index in [1.807, 2.05) is 30.3 Å². The first kappa shape index (κ1) is 22.7. The van der Waals surface area contributed by atoms with Crippen molar-refractivity contribution >= 4 is 23.6 Å². The number of halogens is 1. The normalized spacial score (nSPS) is 10.9. The number of rotatable bonds is 7. The Morgan fingerprint density at radius 2 is 1.68 bits per heavy atom. The number of carbonyl (C=O) groups is 2. The molecule has 0 fully saturated rings. The number of carbonyl (C=O) groups excluding carboxylic acids is 2. The van der Waals surface area contributed by atoms with E-state index in [1.54, 1.807) is 60.4 Å². The van der Waals surface area contributed by atoms with Crippen LogP contribution in [0.1, 0.15) is 21.5 Å². The number of nitrogens with one attached hydrogen (secondary N) is 2. The van der Waals surface area contributed by atoms with Crippen LogP contribution >= 0.6 is 0 Å². The molecule has 7 heteroatoms. The van der Waals surface area contributed by atoms with Crippen LogP contribution < -0.4 is 10.6 Å². The molecule has 2 amide bonds. The summed E-state index contributed by atoms with van der Waals surface area (Å²) in [4.78, 5) is 24.6. The van der Waals surface area contributed by atoms with Crippen LogP contribution in [0.4, 0.5) is 10.1 Å². The number of anilines is 1. The van der Waals surface area contributed by atoms with Gasteiger partial charge in [0, 0.05) is 42.0 Å². The maximum atomic E-state index is 13.3. The van der Waals surface area contributed by atoms with Gasteiger partial charge in [-0.1, -0.05) is 30.3 Å². The van der Waals surface area contributed by atoms with Crippen LogP contribution in [0, 0.1) is 5.82 Å². The van der Waals surface area contributed by atoms with Crippen LogP contribution in [0.3, 0.4) is 0 Å². The number of hydrogen-bond donors (Lipinski definition) is 2. The Balaban J connectivity index is 1.35. The topological polar surface area (TPSA) is 76.0 Å². The standard InChI is InChI=1S/C27H23FN4O2/c1-32-26(20-9-12-23(28)13-10-20)22(18-30-32)11-16-25(33)31-24-14-7-19(8-15-24)17-29-27(34)21-5-3-2-4-6-21/h2-16,18H,17H2,1H3,(H,29,34)(H,31,33)/b16-11+. The Morgan fingerprint density at radius 1 is 0.971 bits per heavy atom. The van der Waals surface area contributed by atoms with Gasteiger partial charge in [0.2, 0.25) is 5.91 Å². The summed E-state index contributed by atoms with van der Waals surface area (Å²) in [5, 5.41) is 9.93. The summed E-state index contributed by atoms with van der Waals surface area (Å²) in [7, 11) is 1.79. The molecule has 4 aromatic rings. The number of hydrogen-bond acceptors (Lipinski definition) is 3. The summed E-state index contributed by atoms with van der Waals surface area (Å²) in [5.74, 6) is -0.746. The van der Waals surface area contributed by atoms with Crippen molar-refractivity contribution in [2.24, 2.45) is 7.05 Å². The lowest BCUT2D eigenvalue weighted by atomic mass is 10.1. The molecule has 1 aromatic heterocycles. The van der Waals surface area contributed by atoms with Gasteiger partial charge in [0.1, 0.15) is 5.82 Å². The molecule has 0 saturated heterocycles. The second-order valence-electron chi connectivity index (χ2n) is 7.65. The molecule has 2 N–H and O–H groups in total. The fourth-order valence-electron chi connectivity index (χ4n) is 3.47. The highest BCUT2D eigenvalue weighted by molar-refractivity contribution is 6.02. The quantitative estimate of drug-likeness (QED) is 0.394. The van der Waals surface area contributed by atoms with E-state index >= 15 is 0 Å². The van der Waals surface area contributed by atoms with Crippen molar-refractivity contribution in [3.8, 4) is 11.3 Å². The maximum absolute atomic E-state index is 13.3. The predicted molar refractivity (Wildman–Crippen MR) is 130 cm³/mol. The van der Waals surface area contributed by atoms with Crippen LogP contribution in [0.5, 0.6) is 0 Å². The van der Waals surface area contributed by atoms with Gasteiger partial charge in [-0.25, -0.2) is 4.39 Å². The monoisotopic (exact) mass is 454 g/mol. The fourth-order valence-corrected chi connectivity index (χ4v) is 3.47. The zero-order valence-electron chi connectivity index (χ0n) is 18.5. The van der Waals surface area contributed by atoms with Gasteiger partial charge in [-0.15, -0.1) is 0 Å². The molecular formula is C27H23FN4O2. The van der Waals surface area contributed by atoms with Gasteiger partial charge in [0.05, 0.1) is 11.9 Å². The van der Waals surface area contributed by atoms with Crippen LogP contribution in [-0.4, -0.2) is 21.6 Å². The van der Waals surface area contributed by atoms with Crippen molar-refractivity contribution in [2.45, 2.75) is 6.54 Å². The molecule has 0 atom stereocenters. The van der Waals surface area contributed by atoms with E-state index in [0.29, 0.717) is 17.8 Å². The Bertz CT molecular complexity index is 1310. The summed E-state index contributed by atoms with van der Waals surface area (Å²) in [6.45, 7) is 0.384. The smallest absolute Gasteiger partial charge is 0.251 e. The Hall–Kier alpha value is -4.52. The second kappa shape index (κ2) is 10.4. The van der Waals surface area contributed by atoms with Crippen molar-refractivity contribution in [3.05, 3.63) is 114 Å². The summed E-state index contributed by atoms with van der Waals surface area (Å²) < 4.78 is 14.9. The molecule has 0 bridgehead atoms. The highest BCUT2D eigenvalue weighted by Crippen LogP contribution is 2.24. The molecule has 1 heterocycles. The molecule has 4 rings (SSSR count). The van der Waals surface area contributed by atoms with Gasteiger partial charge in [0.25, 0.3) is 5.91 Å². The lowest BCUT2D eigenvalue weighted by molar-refractivity contribution is -0.111. The van der Waals surface area contributed by atoms with Crippen LogP contribution in [0.15, 0.2) is 91.1 Å². The van der Waals surface area contributed by atoms with Crippen molar-refractivity contribution < 1.29 is 14.0 Å². The molecule has 0 aliphatic rings. The minimum Gasteiger partial charge on any atom is -0.348 e. The van der Waals surface area contributed by atoms with E-state index in [0.717, 1.165) is 22.4 Å². The minimum absolute atomic E-state index is 0.140. The van der Waals surface area contributed by atoms with E-state index in [4.69, 9.17) is 0 Å². The number of benzene rings is 3. The molecule has 34 heavy (non-hydrogen) atoms. The molecule has 0 unspecified atom stereocenters. The molecule has 0 aliphatic heterocycles. The highest BCUT2D eigenvalue weighted by atomic mass is 19.1. The first-order valence-corrected chi connectivity index (χ1v) is 10.7. The SMILES string of the molecule is Cn1ncc(/C=C/C(=O)Nc2ccc(CNC(=O)c3ccccc3)cc2)c1-c1ccc(F)cc1. The predicted octanol–water partition coefficient (Wildman–Crippen LogP) is 4.81. The lowest BCUT2D eigenvalue weighted by Crippen LogP contribution is -2.22. The third kappa shape index (κ3) is 5.63. The zero-order chi connectivity index (χ0) is 23.9. The van der Waals surface area contributed by atoms with E-state index in [1.165, 1.54) is 18.2 Å². The average Bonchev–Trinajstić information content (AvgIpc) is 3.23. The molecule has 3 aromatic carbocycles. The van der Waals surface area contributed by atoms with E-state index < -0.39 is 0 Å². The maximum Gasteiger partial charge on any atom is 0.251 e. The van der Waals surface area contributed by atoms with Crippen molar-refractivity contribution in [1.29, 1.82) is 0 Å². The largest absolute Gasteiger partial charge is 0.348 e. The van der Waals surface area contributed by atoms with Crippen molar-refractivity contribution in [2.75, 3.05) is 5.32 Å². The molecule has 0 radical (unpaired) electrons. The van der Waals surface area contributed by atoms with Crippen LogP contribution in [0.25, 0.3) is 17.3 Å². The van der Waals surface area contributed by atoms with Gasteiger partial charge in [-0.3, -0.25) is 14.3 Å². The number of aromatic nitrogens is 2. The molecule has 0 aliphatic carbocycles. The molecular weight excluding hydrogens is 431 g/mol. The number of aryl methyl sites for hydroxylation is 1. The molecule has 6 nitrogen and oxygen atoms in total. The summed E-state index contributed by atoms with van der Waals surface area (Å²) in [6.07, 6.45) is 4.76. The first-order chi connectivity index (χ1) is 16.5. The minimum atomic E-state index is -0.313. The van der Waals surface area contributed by atoms with Crippen molar-refractivity contribution in [1.82, 2.24) is 15.1 Å². The van der Waals surface area contributed by atoms with E-state index in [9.17, 15) is 14.0 Å². The molecule has 170 valence electrons. The van der Waals surface area contributed by atoms with Gasteiger partial charge < -0.3 is 10.6 Å². The van der Waals surface area contributed by atoms with Gasteiger partial charge in [0.15, 0.2) is 0 Å². The van der Waals surface area contributed by atoms with Crippen LogP contribution in [0.2, 0.25) is 0 Å². The van der Waals surface area contributed by atoms with Gasteiger partial charge >= 0.3 is 0 Å². The lowest BCUT2D eigenvalue weighted by Gasteiger charge is -2.07. The zero-order valence-corrected chi connectivity index (χ0v) is 18.5. The number of amides is 2. The summed E-state index contributed by atoms with van der Waals surface area (Å²) in [5.41, 5.74) is 4.49. The second-order valence-corrected chi connectivity index (χ2v) is 7.65. The Labute approximate surface area is 196 Å². The Morgan fingerprint density at radius 3 is 2.38 bits per heavy atom. The first-order valence-electron chi connectivity index (χ1n) is 10.7. The summed E-state index contributed by atoms with van der Waals surface area (Å²) in [6, 6.07) is 22.4. The average molecular weight is 455 g/mol. The molecule has 0 spiro atoms. The third-order valence-electron chi connectivity index (χ3n) is 5.21. The molecule has 0 saturated carbocycles. The summed E-state index contributed by atoms with van der Waals surface area (Å²) >= 11 is 0. The highest BCUT2D eigenvalue weighted by Gasteiger charge is 2.10.